The summed E-state index contributed by atoms with van der Waals surface area (Å²) >= 11 is 6.18. The average Bonchev–Trinajstić information content (AvgIpc) is 2.55. The van der Waals surface area contributed by atoms with E-state index >= 15 is 0 Å². The summed E-state index contributed by atoms with van der Waals surface area (Å²) in [4.78, 5) is 10.9. The maximum Gasteiger partial charge on any atom is 0.234 e. The van der Waals surface area contributed by atoms with Crippen LogP contribution in [-0.4, -0.2) is 35.0 Å². The lowest BCUT2D eigenvalue weighted by atomic mass is 10.1. The molecule has 0 fully saturated rings. The van der Waals surface area contributed by atoms with Gasteiger partial charge in [0.25, 0.3) is 0 Å². The second-order valence-corrected chi connectivity index (χ2v) is 6.10. The second-order valence-electron chi connectivity index (χ2n) is 5.69. The van der Waals surface area contributed by atoms with Gasteiger partial charge in [-0.3, -0.25) is 0 Å². The Hall–Kier alpha value is -1.58. The summed E-state index contributed by atoms with van der Waals surface area (Å²) in [5.41, 5.74) is 3.18. The molecular weight excluding hydrogens is 381 g/mol. The van der Waals surface area contributed by atoms with Gasteiger partial charge in [-0.1, -0.05) is 29.8 Å². The predicted octanol–water partition coefficient (Wildman–Crippen LogP) is 3.49. The van der Waals surface area contributed by atoms with E-state index in [1.165, 1.54) is 0 Å². The molecule has 2 aromatic rings. The number of aromatic nitrogens is 2. The van der Waals surface area contributed by atoms with Crippen LogP contribution < -0.4 is 5.32 Å². The highest BCUT2D eigenvalue weighted by molar-refractivity contribution is 6.31. The van der Waals surface area contributed by atoms with Crippen LogP contribution in [0.5, 0.6) is 0 Å². The zero-order valence-electron chi connectivity index (χ0n) is 13.8. The number of nitriles is 1. The van der Waals surface area contributed by atoms with Crippen molar-refractivity contribution in [1.82, 2.24) is 14.9 Å². The third-order valence-electron chi connectivity index (χ3n) is 4.00. The van der Waals surface area contributed by atoms with Crippen LogP contribution in [0.15, 0.2) is 24.3 Å². The van der Waals surface area contributed by atoms with Crippen LogP contribution >= 0.6 is 36.4 Å². The van der Waals surface area contributed by atoms with Crippen LogP contribution in [0.2, 0.25) is 5.02 Å². The lowest BCUT2D eigenvalue weighted by Gasteiger charge is -2.25. The Kier molecular flexibility index (Phi) is 8.40. The van der Waals surface area contributed by atoms with Crippen LogP contribution in [0, 0.1) is 11.3 Å². The number of halogens is 3. The molecule has 1 aliphatic heterocycles. The first kappa shape index (κ1) is 21.5. The van der Waals surface area contributed by atoms with Gasteiger partial charge >= 0.3 is 0 Å². The second kappa shape index (κ2) is 9.79. The Morgan fingerprint density at radius 2 is 2.04 bits per heavy atom. The van der Waals surface area contributed by atoms with Gasteiger partial charge in [0.2, 0.25) is 5.82 Å². The van der Waals surface area contributed by atoms with E-state index in [0.29, 0.717) is 6.54 Å². The van der Waals surface area contributed by atoms with Crippen LogP contribution in [0.4, 0.5) is 5.82 Å². The summed E-state index contributed by atoms with van der Waals surface area (Å²) in [6.45, 7) is 2.45. The zero-order chi connectivity index (χ0) is 16.2. The molecule has 1 aliphatic rings. The highest BCUT2D eigenvalue weighted by Crippen LogP contribution is 2.23. The number of benzene rings is 1. The van der Waals surface area contributed by atoms with Gasteiger partial charge in [-0.15, -0.1) is 24.8 Å². The molecule has 3 rings (SSSR count). The Morgan fingerprint density at radius 3 is 2.76 bits per heavy atom. The summed E-state index contributed by atoms with van der Waals surface area (Å²) in [6, 6.07) is 9.88. The molecule has 1 N–H and O–H groups in total. The van der Waals surface area contributed by atoms with Crippen molar-refractivity contribution in [3.8, 4) is 6.07 Å². The van der Waals surface area contributed by atoms with Gasteiger partial charge in [0.1, 0.15) is 11.9 Å². The molecule has 1 aromatic heterocycles. The van der Waals surface area contributed by atoms with Crippen LogP contribution in [0.3, 0.4) is 0 Å². The van der Waals surface area contributed by atoms with Gasteiger partial charge in [0, 0.05) is 30.2 Å². The number of anilines is 1. The van der Waals surface area contributed by atoms with Crippen molar-refractivity contribution in [2.45, 2.75) is 19.4 Å². The molecule has 2 heterocycles. The van der Waals surface area contributed by atoms with Gasteiger partial charge in [-0.2, -0.15) is 5.26 Å². The lowest BCUT2D eigenvalue weighted by molar-refractivity contribution is 0.307. The Balaban J connectivity index is 0.00000156. The molecule has 0 aliphatic carbocycles. The quantitative estimate of drug-likeness (QED) is 0.851. The fraction of sp³-hybridized carbons (Fsp3) is 0.353. The predicted molar refractivity (Wildman–Crippen MR) is 105 cm³/mol. The first-order chi connectivity index (χ1) is 11.2. The Bertz CT molecular complexity index is 760. The van der Waals surface area contributed by atoms with Crippen molar-refractivity contribution in [1.29, 1.82) is 5.26 Å². The molecule has 134 valence electrons. The summed E-state index contributed by atoms with van der Waals surface area (Å²) in [5, 5.41) is 13.3. The number of nitrogens with zero attached hydrogens (tertiary/aromatic N) is 4. The number of hydrogen-bond donors (Lipinski definition) is 1. The topological polar surface area (TPSA) is 64.8 Å². The molecule has 0 amide bonds. The average molecular weight is 401 g/mol. The van der Waals surface area contributed by atoms with Gasteiger partial charge in [-0.05, 0) is 31.5 Å². The smallest absolute Gasteiger partial charge is 0.234 e. The highest BCUT2D eigenvalue weighted by Gasteiger charge is 2.20. The maximum absolute atomic E-state index is 9.14. The van der Waals surface area contributed by atoms with Crippen molar-refractivity contribution < 1.29 is 0 Å². The fourth-order valence-corrected chi connectivity index (χ4v) is 3.00. The fourth-order valence-electron chi connectivity index (χ4n) is 2.77. The molecule has 5 nitrogen and oxygen atoms in total. The minimum absolute atomic E-state index is 0. The monoisotopic (exact) mass is 399 g/mol. The van der Waals surface area contributed by atoms with Crippen molar-refractivity contribution in [2.75, 3.05) is 25.5 Å². The van der Waals surface area contributed by atoms with Crippen LogP contribution in [0.1, 0.15) is 22.6 Å². The molecule has 1 aromatic carbocycles. The van der Waals surface area contributed by atoms with Gasteiger partial charge in [0.05, 0.1) is 5.69 Å². The molecule has 0 atom stereocenters. The van der Waals surface area contributed by atoms with E-state index in [9.17, 15) is 0 Å². The standard InChI is InChI=1S/C17H18ClN5.2ClH/c1-23-9-7-13-15(11-23)21-16(10-19)22-17(13)20-8-6-12-4-2-3-5-14(12)18;;/h2-5H,6-9,11H2,1H3,(H,20,21,22);2*1H. The third-order valence-corrected chi connectivity index (χ3v) is 4.37. The van der Waals surface area contributed by atoms with Crippen molar-refractivity contribution in [3.63, 3.8) is 0 Å². The first-order valence-corrected chi connectivity index (χ1v) is 8.01. The molecule has 8 heteroatoms. The number of hydrogen-bond acceptors (Lipinski definition) is 5. The van der Waals surface area contributed by atoms with Gasteiger partial charge < -0.3 is 10.2 Å². The molecule has 0 saturated carbocycles. The Labute approximate surface area is 165 Å². The highest BCUT2D eigenvalue weighted by atomic mass is 35.5. The molecule has 0 unspecified atom stereocenters. The number of fused-ring (bicyclic) bond motifs is 1. The van der Waals surface area contributed by atoms with E-state index in [1.807, 2.05) is 30.3 Å². The third kappa shape index (κ3) is 5.20. The van der Waals surface area contributed by atoms with E-state index in [4.69, 9.17) is 16.9 Å². The minimum atomic E-state index is 0. The number of rotatable bonds is 4. The van der Waals surface area contributed by atoms with Crippen molar-refractivity contribution in [3.05, 3.63) is 51.9 Å². The largest absolute Gasteiger partial charge is 0.369 e. The van der Waals surface area contributed by atoms with Gasteiger partial charge in [0.15, 0.2) is 0 Å². The zero-order valence-corrected chi connectivity index (χ0v) is 16.2. The Morgan fingerprint density at radius 1 is 1.28 bits per heavy atom. The molecular formula is C17H20Cl3N5. The van der Waals surface area contributed by atoms with E-state index in [0.717, 1.165) is 53.6 Å². The summed E-state index contributed by atoms with van der Waals surface area (Å²) in [5.74, 6) is 1.01. The lowest BCUT2D eigenvalue weighted by Crippen LogP contribution is -2.29. The molecule has 0 spiro atoms. The molecule has 0 saturated heterocycles. The van der Waals surface area contributed by atoms with Crippen molar-refractivity contribution in [2.24, 2.45) is 0 Å². The van der Waals surface area contributed by atoms with E-state index < -0.39 is 0 Å². The van der Waals surface area contributed by atoms with Crippen molar-refractivity contribution >= 4 is 42.2 Å². The first-order valence-electron chi connectivity index (χ1n) is 7.63. The van der Waals surface area contributed by atoms with E-state index in [2.05, 4.69) is 27.2 Å². The SMILES string of the molecule is CN1CCc2c(nc(C#N)nc2NCCc2ccccc2Cl)C1.Cl.Cl. The number of likely N-dealkylation sites (N-methyl/N-ethyl adjacent to an activating group) is 1. The van der Waals surface area contributed by atoms with Crippen LogP contribution in [0.25, 0.3) is 0 Å². The maximum atomic E-state index is 9.14. The normalized spacial score (nSPS) is 13.0. The summed E-state index contributed by atoms with van der Waals surface area (Å²) in [7, 11) is 2.06. The molecule has 0 bridgehead atoms. The molecule has 0 radical (unpaired) electrons. The minimum Gasteiger partial charge on any atom is -0.369 e. The van der Waals surface area contributed by atoms with Crippen LogP contribution in [-0.2, 0) is 19.4 Å². The molecule has 25 heavy (non-hydrogen) atoms. The summed E-state index contributed by atoms with van der Waals surface area (Å²) < 4.78 is 0. The van der Waals surface area contributed by atoms with E-state index in [-0.39, 0.29) is 30.6 Å². The van der Waals surface area contributed by atoms with E-state index in [1.54, 1.807) is 0 Å². The van der Waals surface area contributed by atoms with Gasteiger partial charge in [-0.25, -0.2) is 9.97 Å². The summed E-state index contributed by atoms with van der Waals surface area (Å²) in [6.07, 6.45) is 1.70. The number of nitrogens with one attached hydrogen (secondary N) is 1.